The van der Waals surface area contributed by atoms with E-state index in [-0.39, 0.29) is 24.9 Å². The number of alkyl carbamates (subject to hydrolysis) is 1. The Bertz CT molecular complexity index is 996. The molecule has 0 bridgehead atoms. The zero-order chi connectivity index (χ0) is 25.6. The highest BCUT2D eigenvalue weighted by Gasteiger charge is 2.54. The molecule has 0 radical (unpaired) electrons. The van der Waals surface area contributed by atoms with E-state index in [4.69, 9.17) is 25.8 Å². The van der Waals surface area contributed by atoms with Crippen molar-refractivity contribution in [2.24, 2.45) is 0 Å². The minimum absolute atomic E-state index is 0.0351. The molecule has 0 saturated carbocycles. The number of allylic oxidation sites excluding steroid dienone is 3. The molecule has 0 aliphatic carbocycles. The van der Waals surface area contributed by atoms with Crippen molar-refractivity contribution in [3.63, 3.8) is 0 Å². The molecule has 2 aliphatic rings. The van der Waals surface area contributed by atoms with Crippen LogP contribution in [-0.2, 0) is 20.7 Å². The van der Waals surface area contributed by atoms with Crippen LogP contribution < -0.4 is 15.4 Å². The molecule has 3 N–H and O–H groups in total. The Hall–Kier alpha value is -2.55. The molecule has 2 amide bonds. The highest BCUT2D eigenvalue weighted by atomic mass is 35.5. The molecule has 8 nitrogen and oxygen atoms in total. The van der Waals surface area contributed by atoms with Gasteiger partial charge in [0.2, 0.25) is 5.91 Å². The van der Waals surface area contributed by atoms with Gasteiger partial charge in [0.1, 0.15) is 17.6 Å². The van der Waals surface area contributed by atoms with Crippen LogP contribution in [-0.4, -0.2) is 54.8 Å². The number of hydrogen-bond donors (Lipinski definition) is 3. The van der Waals surface area contributed by atoms with E-state index in [0.29, 0.717) is 30.0 Å². The van der Waals surface area contributed by atoms with Crippen molar-refractivity contribution >= 4 is 23.6 Å². The van der Waals surface area contributed by atoms with Crippen molar-refractivity contribution in [3.8, 4) is 5.75 Å². The topological polar surface area (TPSA) is 109 Å². The number of cyclic esters (lactones) is 1. The van der Waals surface area contributed by atoms with Gasteiger partial charge in [0.25, 0.3) is 0 Å². The molecule has 192 valence electrons. The lowest BCUT2D eigenvalue weighted by atomic mass is 9.92. The summed E-state index contributed by atoms with van der Waals surface area (Å²) < 4.78 is 16.4. The molecule has 9 heteroatoms. The summed E-state index contributed by atoms with van der Waals surface area (Å²) in [7, 11) is 3.19. The third-order valence-electron chi connectivity index (χ3n) is 6.48. The lowest BCUT2D eigenvalue weighted by molar-refractivity contribution is -0.120. The minimum atomic E-state index is -1.39. The number of carbonyl (C=O) groups excluding carboxylic acids is 2. The third-order valence-corrected chi connectivity index (χ3v) is 6.80. The quantitative estimate of drug-likeness (QED) is 0.308. The molecule has 2 aliphatic heterocycles. The number of aliphatic hydroxyl groups is 1. The van der Waals surface area contributed by atoms with Crippen LogP contribution >= 0.6 is 11.6 Å². The van der Waals surface area contributed by atoms with Crippen LogP contribution in [0.4, 0.5) is 4.79 Å². The Morgan fingerprint density at radius 3 is 2.91 bits per heavy atom. The van der Waals surface area contributed by atoms with Crippen LogP contribution in [0.1, 0.15) is 51.5 Å². The summed E-state index contributed by atoms with van der Waals surface area (Å²) in [5.74, 6) is 0.607. The molecule has 0 aromatic heterocycles. The van der Waals surface area contributed by atoms with Gasteiger partial charge in [-0.2, -0.15) is 0 Å². The van der Waals surface area contributed by atoms with Gasteiger partial charge in [-0.1, -0.05) is 41.5 Å². The highest BCUT2D eigenvalue weighted by Crippen LogP contribution is 2.44. The summed E-state index contributed by atoms with van der Waals surface area (Å²) >= 11 is 6.08. The smallest absolute Gasteiger partial charge is 0.409 e. The van der Waals surface area contributed by atoms with Gasteiger partial charge in [0.15, 0.2) is 0 Å². The number of amides is 2. The molecule has 1 aromatic rings. The summed E-state index contributed by atoms with van der Waals surface area (Å²) in [5.41, 5.74) is 0.401. The van der Waals surface area contributed by atoms with E-state index in [9.17, 15) is 14.7 Å². The first-order valence-corrected chi connectivity index (χ1v) is 12.2. The molecule has 0 spiro atoms. The van der Waals surface area contributed by atoms with Gasteiger partial charge in [-0.05, 0) is 44.4 Å². The first-order valence-electron chi connectivity index (χ1n) is 11.8. The molecule has 2 unspecified atom stereocenters. The van der Waals surface area contributed by atoms with Gasteiger partial charge in [0.05, 0.1) is 23.8 Å². The number of hydrogen-bond acceptors (Lipinski definition) is 6. The standard InChI is InChI=1S/C26H35ClN2O6/c1-17(13-18-8-9-20(27)21(14-18)33-4)7-5-6-11-26(32)16-19(34-24(31)29-26)15-22-25(2,35-22)12-10-23(30)28-3/h5-9,14,19,22,32H,10-13,15-16H2,1-4H3,(H,28,30)(H,29,31)/b6-5+,17-7+/t19?,22-,25?,26+/m0/s1. The Morgan fingerprint density at radius 1 is 1.43 bits per heavy atom. The monoisotopic (exact) mass is 506 g/mol. The summed E-state index contributed by atoms with van der Waals surface area (Å²) in [6, 6.07) is 5.69. The minimum Gasteiger partial charge on any atom is -0.495 e. The van der Waals surface area contributed by atoms with E-state index >= 15 is 0 Å². The SMILES string of the molecule is CNC(=O)CCC1(C)O[C@H]1CC1C[C@](O)(C/C=C/C=C(\C)Cc2ccc(Cl)c(OC)c2)NC(=O)O1. The maximum absolute atomic E-state index is 12.1. The molecule has 2 fully saturated rings. The van der Waals surface area contributed by atoms with Crippen LogP contribution in [0.2, 0.25) is 5.02 Å². The number of epoxide rings is 1. The van der Waals surface area contributed by atoms with Crippen LogP contribution in [0, 0.1) is 0 Å². The van der Waals surface area contributed by atoms with E-state index in [1.807, 2.05) is 50.3 Å². The van der Waals surface area contributed by atoms with Gasteiger partial charge in [0, 0.05) is 32.7 Å². The zero-order valence-corrected chi connectivity index (χ0v) is 21.5. The summed E-state index contributed by atoms with van der Waals surface area (Å²) in [6.07, 6.45) is 7.13. The Labute approximate surface area is 211 Å². The first kappa shape index (κ1) is 27.0. The van der Waals surface area contributed by atoms with Gasteiger partial charge in [-0.3, -0.25) is 10.1 Å². The van der Waals surface area contributed by atoms with E-state index in [0.717, 1.165) is 17.6 Å². The highest BCUT2D eigenvalue weighted by molar-refractivity contribution is 6.32. The largest absolute Gasteiger partial charge is 0.495 e. The predicted molar refractivity (Wildman–Crippen MR) is 133 cm³/mol. The van der Waals surface area contributed by atoms with Crippen molar-refractivity contribution in [2.75, 3.05) is 14.2 Å². The lowest BCUT2D eigenvalue weighted by Crippen LogP contribution is -2.56. The average molecular weight is 507 g/mol. The van der Waals surface area contributed by atoms with Crippen LogP contribution in [0.25, 0.3) is 0 Å². The number of carbonyl (C=O) groups is 2. The average Bonchev–Trinajstić information content (AvgIpc) is 3.44. The van der Waals surface area contributed by atoms with Gasteiger partial charge in [-0.25, -0.2) is 4.79 Å². The second-order valence-corrected chi connectivity index (χ2v) is 9.91. The fraction of sp³-hybridized carbons (Fsp3) is 0.538. The first-order chi connectivity index (χ1) is 16.6. The maximum atomic E-state index is 12.1. The van der Waals surface area contributed by atoms with E-state index in [1.54, 1.807) is 14.2 Å². The van der Waals surface area contributed by atoms with Gasteiger partial charge in [-0.15, -0.1) is 0 Å². The fourth-order valence-corrected chi connectivity index (χ4v) is 4.52. The molecular formula is C26H35ClN2O6. The zero-order valence-electron chi connectivity index (χ0n) is 20.7. The molecule has 1 aromatic carbocycles. The summed E-state index contributed by atoms with van der Waals surface area (Å²) in [4.78, 5) is 23.6. The molecule has 3 rings (SSSR count). The van der Waals surface area contributed by atoms with Crippen LogP contribution in [0.15, 0.2) is 42.0 Å². The Balaban J connectivity index is 1.50. The van der Waals surface area contributed by atoms with E-state index in [1.165, 1.54) is 0 Å². The van der Waals surface area contributed by atoms with Crippen molar-refractivity contribution in [3.05, 3.63) is 52.6 Å². The number of methoxy groups -OCH3 is 1. The number of ether oxygens (including phenoxy) is 3. The summed E-state index contributed by atoms with van der Waals surface area (Å²) in [6.45, 7) is 3.97. The van der Waals surface area contributed by atoms with Crippen molar-refractivity contribution < 1.29 is 28.9 Å². The lowest BCUT2D eigenvalue weighted by Gasteiger charge is -2.36. The number of nitrogens with one attached hydrogen (secondary N) is 2. The maximum Gasteiger partial charge on any atom is 0.409 e. The number of rotatable bonds is 11. The van der Waals surface area contributed by atoms with Gasteiger partial charge < -0.3 is 24.6 Å². The normalized spacial score (nSPS) is 28.4. The van der Waals surface area contributed by atoms with Crippen LogP contribution in [0.5, 0.6) is 5.75 Å². The Kier molecular flexibility index (Phi) is 8.85. The Morgan fingerprint density at radius 2 is 2.20 bits per heavy atom. The number of halogens is 1. The van der Waals surface area contributed by atoms with Crippen LogP contribution in [0.3, 0.4) is 0 Å². The molecule has 2 heterocycles. The molecule has 2 saturated heterocycles. The number of benzene rings is 1. The van der Waals surface area contributed by atoms with Crippen molar-refractivity contribution in [2.45, 2.75) is 75.9 Å². The van der Waals surface area contributed by atoms with Crippen molar-refractivity contribution in [1.29, 1.82) is 0 Å². The van der Waals surface area contributed by atoms with Crippen molar-refractivity contribution in [1.82, 2.24) is 10.6 Å². The second-order valence-electron chi connectivity index (χ2n) is 9.51. The van der Waals surface area contributed by atoms with E-state index < -0.39 is 23.5 Å². The molecule has 35 heavy (non-hydrogen) atoms. The molecular weight excluding hydrogens is 472 g/mol. The third kappa shape index (κ3) is 7.72. The fourth-order valence-electron chi connectivity index (χ4n) is 4.33. The molecule has 4 atom stereocenters. The van der Waals surface area contributed by atoms with E-state index in [2.05, 4.69) is 10.6 Å². The predicted octanol–water partition coefficient (Wildman–Crippen LogP) is 4.04. The second kappa shape index (κ2) is 11.5. The summed E-state index contributed by atoms with van der Waals surface area (Å²) in [5, 5.41) is 16.7. The van der Waals surface area contributed by atoms with Gasteiger partial charge >= 0.3 is 6.09 Å².